The van der Waals surface area contributed by atoms with Gasteiger partial charge in [0.25, 0.3) is 0 Å². The molecular formula is C76H70ClN13O16. The van der Waals surface area contributed by atoms with E-state index < -0.39 is 49.8 Å². The highest BCUT2D eigenvalue weighted by Gasteiger charge is 2.20. The molecular weight excluding hydrogens is 1390 g/mol. The number of ether oxygens (including phenoxy) is 8. The van der Waals surface area contributed by atoms with E-state index in [1.807, 2.05) is 133 Å². The van der Waals surface area contributed by atoms with Crippen molar-refractivity contribution in [2.24, 2.45) is 11.7 Å². The number of esters is 2. The number of hydrogen-bond acceptors (Lipinski definition) is 26. The number of pyridine rings is 6. The lowest BCUT2D eigenvalue weighted by Crippen LogP contribution is -2.30. The van der Waals surface area contributed by atoms with Crippen molar-refractivity contribution in [3.63, 3.8) is 0 Å². The predicted molar refractivity (Wildman–Crippen MR) is 384 cm³/mol. The molecule has 1 atom stereocenters. The summed E-state index contributed by atoms with van der Waals surface area (Å²) in [4.78, 5) is 83.7. The summed E-state index contributed by atoms with van der Waals surface area (Å²) in [6, 6.07) is 55.3. The lowest BCUT2D eigenvalue weighted by molar-refractivity contribution is -0.155. The lowest BCUT2D eigenvalue weighted by atomic mass is 10.1. The molecule has 106 heavy (non-hydrogen) atoms. The third-order valence-electron chi connectivity index (χ3n) is 14.7. The number of nitrogens with zero attached hydrogens (tertiary/aromatic N) is 9. The van der Waals surface area contributed by atoms with E-state index in [2.05, 4.69) is 66.1 Å². The van der Waals surface area contributed by atoms with Crippen LogP contribution in [0, 0.1) is 5.92 Å². The van der Waals surface area contributed by atoms with E-state index >= 15 is 0 Å². The van der Waals surface area contributed by atoms with Gasteiger partial charge in [0.2, 0.25) is 31.2 Å². The second-order valence-corrected chi connectivity index (χ2v) is 23.2. The van der Waals surface area contributed by atoms with Gasteiger partial charge in [-0.3, -0.25) is 25.5 Å². The number of halogens is 1. The first-order chi connectivity index (χ1) is 51.7. The molecule has 30 heteroatoms. The van der Waals surface area contributed by atoms with Crippen molar-refractivity contribution in [1.82, 2.24) is 45.4 Å². The molecule has 5 N–H and O–H groups in total. The van der Waals surface area contributed by atoms with Crippen LogP contribution in [-0.4, -0.2) is 101 Å². The van der Waals surface area contributed by atoms with Crippen LogP contribution in [0.15, 0.2) is 233 Å². The summed E-state index contributed by atoms with van der Waals surface area (Å²) in [6.07, 6.45) is 8.95. The minimum atomic E-state index is -0.857. The fourth-order valence-electron chi connectivity index (χ4n) is 9.36. The number of rotatable bonds is 28. The predicted octanol–water partition coefficient (Wildman–Crippen LogP) is 13.8. The summed E-state index contributed by atoms with van der Waals surface area (Å²) < 4.78 is 57.5. The topological polar surface area (TPSA) is 377 Å². The van der Waals surface area contributed by atoms with Crippen LogP contribution in [0.2, 0.25) is 0 Å². The van der Waals surface area contributed by atoms with E-state index in [1.165, 1.54) is 19.3 Å². The van der Waals surface area contributed by atoms with Gasteiger partial charge in [0.1, 0.15) is 43.3 Å². The van der Waals surface area contributed by atoms with Crippen molar-refractivity contribution in [1.29, 1.82) is 0 Å². The summed E-state index contributed by atoms with van der Waals surface area (Å²) in [5.41, 5.74) is 15.4. The summed E-state index contributed by atoms with van der Waals surface area (Å²) >= 11 is 5.41. The van der Waals surface area contributed by atoms with Gasteiger partial charge < -0.3 is 57.2 Å². The molecule has 29 nitrogen and oxygen atoms in total. The average molecular weight is 1460 g/mol. The second kappa shape index (κ2) is 39.1. The maximum Gasteiger partial charge on any atom is 0.415 e. The van der Waals surface area contributed by atoms with Gasteiger partial charge in [-0.1, -0.05) is 132 Å². The van der Waals surface area contributed by atoms with Gasteiger partial charge in [-0.15, -0.1) is 0 Å². The van der Waals surface area contributed by atoms with Gasteiger partial charge in [-0.25, -0.2) is 44.3 Å². The molecule has 542 valence electrons. The first-order valence-electron chi connectivity index (χ1n) is 32.7. The molecule has 12 rings (SSSR count). The fraction of sp³-hybridized carbons (Fsp3) is 0.184. The standard InChI is InChI=1S/C27H26N4O6.C26H25N5O6.C23H19ClN4O4/c1-18(2)26(32)35-17-36-27(33)30-25-22(6-5-13-29-25)23-15-21(31-37-23)14-19-8-10-20(11-9-19)16-34-24-7-3-4-12-28-24;1-17(27)25(32)35-16-36-26(33)30-24-21(5-4-12-29-24)22-14-20(31-37-22)13-18-7-9-19(10-8-18)15-34-23-6-2-3-11-28-23;24-15-31-23(29)27-22-19(4-3-11-26-22)20-13-18(28-32-20)12-16-6-8-17(9-7-16)14-30-21-5-1-2-10-25-21/h3-13,15,18H,14,16-17H2,1-2H3,(H,29,30,33);2-12,14,17H,13,15-16,27H2,1H3,(H,29,30,33);1-11,13H,12,14-15H2,(H,26,27,29)/t;17-;/m.0./s1. The largest absolute Gasteiger partial charge is 0.473 e. The highest BCUT2D eigenvalue weighted by molar-refractivity contribution is 6.17. The monoisotopic (exact) mass is 1460 g/mol. The molecule has 3 amide bonds. The average Bonchev–Trinajstić information content (AvgIpc) is 1.49. The third-order valence-corrected chi connectivity index (χ3v) is 14.8. The van der Waals surface area contributed by atoms with Crippen molar-refractivity contribution in [3.05, 3.63) is 270 Å². The zero-order chi connectivity index (χ0) is 74.2. The molecule has 0 saturated carbocycles. The summed E-state index contributed by atoms with van der Waals surface area (Å²) in [5, 5.41) is 20.0. The number of aromatic nitrogens is 9. The first kappa shape index (κ1) is 75.3. The van der Waals surface area contributed by atoms with Crippen molar-refractivity contribution < 1.29 is 75.4 Å². The van der Waals surface area contributed by atoms with Crippen LogP contribution in [0.25, 0.3) is 34.0 Å². The van der Waals surface area contributed by atoms with E-state index in [-0.39, 0.29) is 23.6 Å². The van der Waals surface area contributed by atoms with Gasteiger partial charge in [0.15, 0.2) is 23.3 Å². The Balaban J connectivity index is 0.000000171. The number of nitrogens with two attached hydrogens (primary N) is 1. The maximum atomic E-state index is 12.1. The Kier molecular flexibility index (Phi) is 27.8. The minimum absolute atomic E-state index is 0.200. The number of nitrogens with one attached hydrogen (secondary N) is 3. The summed E-state index contributed by atoms with van der Waals surface area (Å²) in [6.45, 7) is 5.04. The van der Waals surface area contributed by atoms with Gasteiger partial charge in [0, 0.05) is 92.8 Å². The Hall–Kier alpha value is -13.4. The smallest absolute Gasteiger partial charge is 0.415 e. The van der Waals surface area contributed by atoms with Gasteiger partial charge >= 0.3 is 30.2 Å². The SMILES string of the molecule is CC(C)C(=O)OCOC(=O)Nc1ncccc1-c1cc(Cc2ccc(COc3ccccn3)cc2)no1.C[C@H](N)C(=O)OCOC(=O)Nc1ncccc1-c1cc(Cc2ccc(COc3ccccn3)cc2)no1.O=C(Nc1ncccc1-c1cc(Cc2ccc(COc3ccccn3)cc2)no1)OCCl. The molecule has 9 heterocycles. The number of alkyl halides is 1. The minimum Gasteiger partial charge on any atom is -0.473 e. The van der Waals surface area contributed by atoms with Crippen LogP contribution < -0.4 is 35.9 Å². The molecule has 9 aromatic heterocycles. The molecule has 12 aromatic rings. The Morgan fingerprint density at radius 3 is 1.00 bits per heavy atom. The van der Waals surface area contributed by atoms with Crippen LogP contribution in [-0.2, 0) is 72.4 Å². The van der Waals surface area contributed by atoms with Crippen LogP contribution in [0.1, 0.15) is 71.2 Å². The number of amides is 3. The van der Waals surface area contributed by atoms with Crippen LogP contribution in [0.3, 0.4) is 0 Å². The van der Waals surface area contributed by atoms with Crippen molar-refractivity contribution in [3.8, 4) is 51.6 Å². The van der Waals surface area contributed by atoms with Crippen molar-refractivity contribution in [2.75, 3.05) is 35.6 Å². The normalized spacial score (nSPS) is 10.9. The molecule has 0 unspecified atom stereocenters. The number of hydrogen-bond donors (Lipinski definition) is 4. The fourth-order valence-corrected chi connectivity index (χ4v) is 9.46. The van der Waals surface area contributed by atoms with Gasteiger partial charge in [-0.2, -0.15) is 0 Å². The molecule has 0 aliphatic carbocycles. The third kappa shape index (κ3) is 23.9. The van der Waals surface area contributed by atoms with Crippen LogP contribution in [0.5, 0.6) is 17.6 Å². The molecule has 0 saturated heterocycles. The highest BCUT2D eigenvalue weighted by atomic mass is 35.5. The Morgan fingerprint density at radius 2 is 0.698 bits per heavy atom. The Labute approximate surface area is 611 Å². The second-order valence-electron chi connectivity index (χ2n) is 23.0. The number of anilines is 3. The molecule has 0 aliphatic rings. The zero-order valence-corrected chi connectivity index (χ0v) is 58.1. The highest BCUT2D eigenvalue weighted by Crippen LogP contribution is 2.31. The Bertz CT molecular complexity index is 4560. The number of benzene rings is 3. The molecule has 0 spiro atoms. The molecule has 0 radical (unpaired) electrons. The van der Waals surface area contributed by atoms with Crippen LogP contribution in [0.4, 0.5) is 31.8 Å². The van der Waals surface area contributed by atoms with E-state index in [1.54, 1.807) is 87.2 Å². The summed E-state index contributed by atoms with van der Waals surface area (Å²) in [5.74, 6) is 2.32. The quantitative estimate of drug-likeness (QED) is 0.0153. The van der Waals surface area contributed by atoms with E-state index in [0.717, 1.165) is 39.1 Å². The number of carbonyl (C=O) groups excluding carboxylic acids is 5. The zero-order valence-electron chi connectivity index (χ0n) is 57.3. The lowest BCUT2D eigenvalue weighted by Gasteiger charge is -2.10. The van der Waals surface area contributed by atoms with Gasteiger partial charge in [-0.05, 0) is 94.9 Å². The first-order valence-corrected chi connectivity index (χ1v) is 33.2. The van der Waals surface area contributed by atoms with Crippen molar-refractivity contribution >= 4 is 59.3 Å². The van der Waals surface area contributed by atoms with Crippen molar-refractivity contribution in [2.45, 2.75) is 65.9 Å². The van der Waals surface area contributed by atoms with E-state index in [4.69, 9.17) is 64.1 Å². The van der Waals surface area contributed by atoms with E-state index in [9.17, 15) is 24.0 Å². The molecule has 3 aromatic carbocycles. The Morgan fingerprint density at radius 1 is 0.387 bits per heavy atom. The molecule has 0 bridgehead atoms. The van der Waals surface area contributed by atoms with E-state index in [0.29, 0.717) is 108 Å². The maximum absolute atomic E-state index is 12.1. The molecule has 0 fully saturated rings. The van der Waals surface area contributed by atoms with Crippen LogP contribution >= 0.6 is 11.6 Å². The number of carbonyl (C=O) groups is 5. The van der Waals surface area contributed by atoms with Gasteiger partial charge in [0.05, 0.1) is 39.7 Å². The summed E-state index contributed by atoms with van der Waals surface area (Å²) in [7, 11) is 0. The molecule has 0 aliphatic heterocycles.